The number of amides is 1. The number of benzene rings is 2. The second-order valence-corrected chi connectivity index (χ2v) is 6.09. The van der Waals surface area contributed by atoms with Crippen LogP contribution >= 0.6 is 0 Å². The number of carbonyl (C=O) groups excluding carboxylic acids is 1. The van der Waals surface area contributed by atoms with Crippen LogP contribution in [0.2, 0.25) is 0 Å². The fourth-order valence-electron chi connectivity index (χ4n) is 2.74. The highest BCUT2D eigenvalue weighted by molar-refractivity contribution is 5.95. The highest BCUT2D eigenvalue weighted by atomic mass is 16.3. The van der Waals surface area contributed by atoms with E-state index >= 15 is 0 Å². The average molecular weight is 323 g/mol. The molecule has 0 saturated heterocycles. The summed E-state index contributed by atoms with van der Waals surface area (Å²) in [5, 5.41) is 12.8. The number of aryl methyl sites for hydroxylation is 2. The number of hydrogen-bond donors (Lipinski definition) is 2. The number of anilines is 1. The van der Waals surface area contributed by atoms with Crippen LogP contribution in [0.15, 0.2) is 47.1 Å². The van der Waals surface area contributed by atoms with Gasteiger partial charge in [-0.25, -0.2) is 0 Å². The molecular weight excluding hydrogens is 302 g/mol. The number of furan rings is 1. The molecule has 3 aromatic rings. The summed E-state index contributed by atoms with van der Waals surface area (Å²) in [4.78, 5) is 12.3. The van der Waals surface area contributed by atoms with Crippen molar-refractivity contribution in [1.29, 1.82) is 0 Å². The third kappa shape index (κ3) is 3.49. The lowest BCUT2D eigenvalue weighted by molar-refractivity contribution is -0.115. The maximum Gasteiger partial charge on any atom is 0.228 e. The monoisotopic (exact) mass is 323 g/mol. The van der Waals surface area contributed by atoms with Crippen LogP contribution in [0.25, 0.3) is 11.0 Å². The highest BCUT2D eigenvalue weighted by Crippen LogP contribution is 2.25. The molecule has 0 fully saturated rings. The van der Waals surface area contributed by atoms with Crippen molar-refractivity contribution >= 4 is 22.6 Å². The van der Waals surface area contributed by atoms with Gasteiger partial charge in [0, 0.05) is 23.2 Å². The number of nitrogens with one attached hydrogen (secondary N) is 1. The van der Waals surface area contributed by atoms with Crippen molar-refractivity contribution in [2.24, 2.45) is 0 Å². The van der Waals surface area contributed by atoms with Crippen LogP contribution in [-0.4, -0.2) is 17.6 Å². The minimum Gasteiger partial charge on any atom is -0.464 e. The second kappa shape index (κ2) is 6.89. The van der Waals surface area contributed by atoms with Crippen LogP contribution in [0, 0.1) is 13.8 Å². The quantitative estimate of drug-likeness (QED) is 0.751. The summed E-state index contributed by atoms with van der Waals surface area (Å²) in [6.07, 6.45) is 2.55. The molecule has 0 bridgehead atoms. The Kier molecular flexibility index (Phi) is 4.67. The number of carbonyl (C=O) groups is 1. The first kappa shape index (κ1) is 16.3. The Bertz CT molecular complexity index is 862. The summed E-state index contributed by atoms with van der Waals surface area (Å²) in [6, 6.07) is 11.6. The first-order valence-electron chi connectivity index (χ1n) is 8.04. The molecule has 24 heavy (non-hydrogen) atoms. The normalized spacial score (nSPS) is 11.0. The van der Waals surface area contributed by atoms with Crippen molar-refractivity contribution in [2.45, 2.75) is 26.7 Å². The molecule has 1 aromatic heterocycles. The van der Waals surface area contributed by atoms with E-state index in [0.29, 0.717) is 6.42 Å². The van der Waals surface area contributed by atoms with Gasteiger partial charge in [-0.1, -0.05) is 12.1 Å². The maximum absolute atomic E-state index is 12.3. The van der Waals surface area contributed by atoms with Gasteiger partial charge in [-0.3, -0.25) is 4.79 Å². The molecule has 0 atom stereocenters. The van der Waals surface area contributed by atoms with Crippen LogP contribution in [-0.2, 0) is 17.6 Å². The first-order valence-corrected chi connectivity index (χ1v) is 8.04. The smallest absolute Gasteiger partial charge is 0.228 e. The largest absolute Gasteiger partial charge is 0.464 e. The van der Waals surface area contributed by atoms with Crippen molar-refractivity contribution in [3.05, 3.63) is 64.9 Å². The molecule has 124 valence electrons. The zero-order chi connectivity index (χ0) is 17.1. The Morgan fingerprint density at radius 1 is 1.12 bits per heavy atom. The van der Waals surface area contributed by atoms with E-state index in [1.54, 1.807) is 6.26 Å². The Hall–Kier alpha value is -2.59. The molecular formula is C20H21NO3. The van der Waals surface area contributed by atoms with Gasteiger partial charge in [-0.15, -0.1) is 0 Å². The van der Waals surface area contributed by atoms with Gasteiger partial charge in [0.1, 0.15) is 5.58 Å². The predicted molar refractivity (Wildman–Crippen MR) is 95.3 cm³/mol. The Balaban J connectivity index is 1.72. The van der Waals surface area contributed by atoms with Crippen molar-refractivity contribution in [1.82, 2.24) is 0 Å². The van der Waals surface area contributed by atoms with E-state index in [0.717, 1.165) is 27.8 Å². The summed E-state index contributed by atoms with van der Waals surface area (Å²) < 4.78 is 5.57. The molecule has 0 aliphatic heterocycles. The zero-order valence-corrected chi connectivity index (χ0v) is 13.9. The number of fused-ring (bicyclic) bond motifs is 1. The SMILES string of the molecule is Cc1cc2occ(CC(=O)Nc3ccc(CCO)cc3)c2cc1C. The fraction of sp³-hybridized carbons (Fsp3) is 0.250. The molecule has 0 aliphatic rings. The molecule has 3 rings (SSSR count). The van der Waals surface area contributed by atoms with Crippen LogP contribution in [0.5, 0.6) is 0 Å². The summed E-state index contributed by atoms with van der Waals surface area (Å²) in [5.74, 6) is -0.0779. The van der Waals surface area contributed by atoms with Gasteiger partial charge in [0.05, 0.1) is 12.7 Å². The van der Waals surface area contributed by atoms with E-state index in [4.69, 9.17) is 9.52 Å². The molecule has 0 aliphatic carbocycles. The first-order chi connectivity index (χ1) is 11.6. The topological polar surface area (TPSA) is 62.5 Å². The third-order valence-corrected chi connectivity index (χ3v) is 4.26. The maximum atomic E-state index is 12.3. The van der Waals surface area contributed by atoms with E-state index in [2.05, 4.69) is 18.3 Å². The van der Waals surface area contributed by atoms with Crippen LogP contribution in [0.3, 0.4) is 0 Å². The summed E-state index contributed by atoms with van der Waals surface area (Å²) in [6.45, 7) is 4.22. The van der Waals surface area contributed by atoms with E-state index < -0.39 is 0 Å². The van der Waals surface area contributed by atoms with Crippen molar-refractivity contribution in [3.63, 3.8) is 0 Å². The van der Waals surface area contributed by atoms with Crippen LogP contribution < -0.4 is 5.32 Å². The standard InChI is InChI=1S/C20H21NO3/c1-13-9-18-16(12-24-19(18)10-14(13)2)11-20(23)21-17-5-3-15(4-6-17)7-8-22/h3-6,9-10,12,22H,7-8,11H2,1-2H3,(H,21,23). The minimum atomic E-state index is -0.0779. The Morgan fingerprint density at radius 2 is 1.83 bits per heavy atom. The number of aliphatic hydroxyl groups excluding tert-OH is 1. The summed E-state index contributed by atoms with van der Waals surface area (Å²) in [5.41, 5.74) is 5.86. The van der Waals surface area contributed by atoms with Gasteiger partial charge in [0.2, 0.25) is 5.91 Å². The van der Waals surface area contributed by atoms with Gasteiger partial charge in [-0.05, 0) is 61.2 Å². The van der Waals surface area contributed by atoms with Gasteiger partial charge in [0.25, 0.3) is 0 Å². The molecule has 0 unspecified atom stereocenters. The van der Waals surface area contributed by atoms with Crippen molar-refractivity contribution < 1.29 is 14.3 Å². The van der Waals surface area contributed by atoms with Gasteiger partial charge >= 0.3 is 0 Å². The lowest BCUT2D eigenvalue weighted by atomic mass is 10.0. The number of hydrogen-bond acceptors (Lipinski definition) is 3. The Morgan fingerprint density at radius 3 is 2.54 bits per heavy atom. The fourth-order valence-corrected chi connectivity index (χ4v) is 2.74. The second-order valence-electron chi connectivity index (χ2n) is 6.09. The summed E-state index contributed by atoms with van der Waals surface area (Å²) in [7, 11) is 0. The molecule has 0 saturated carbocycles. The molecule has 0 spiro atoms. The van der Waals surface area contributed by atoms with E-state index in [1.807, 2.05) is 37.3 Å². The third-order valence-electron chi connectivity index (χ3n) is 4.26. The molecule has 2 aromatic carbocycles. The number of rotatable bonds is 5. The lowest BCUT2D eigenvalue weighted by Gasteiger charge is -2.06. The highest BCUT2D eigenvalue weighted by Gasteiger charge is 2.12. The van der Waals surface area contributed by atoms with E-state index in [1.165, 1.54) is 11.1 Å². The lowest BCUT2D eigenvalue weighted by Crippen LogP contribution is -2.14. The van der Waals surface area contributed by atoms with Gasteiger partial charge in [-0.2, -0.15) is 0 Å². The summed E-state index contributed by atoms with van der Waals surface area (Å²) >= 11 is 0. The van der Waals surface area contributed by atoms with E-state index in [-0.39, 0.29) is 18.9 Å². The zero-order valence-electron chi connectivity index (χ0n) is 13.9. The molecule has 1 heterocycles. The molecule has 2 N–H and O–H groups in total. The van der Waals surface area contributed by atoms with Gasteiger partial charge in [0.15, 0.2) is 0 Å². The molecule has 4 nitrogen and oxygen atoms in total. The minimum absolute atomic E-state index is 0.0779. The van der Waals surface area contributed by atoms with Crippen LogP contribution in [0.4, 0.5) is 5.69 Å². The number of aliphatic hydroxyl groups is 1. The average Bonchev–Trinajstić information content (AvgIpc) is 2.92. The van der Waals surface area contributed by atoms with Crippen LogP contribution in [0.1, 0.15) is 22.3 Å². The molecule has 1 amide bonds. The predicted octanol–water partition coefficient (Wildman–Crippen LogP) is 3.77. The van der Waals surface area contributed by atoms with Gasteiger partial charge < -0.3 is 14.8 Å². The van der Waals surface area contributed by atoms with Crippen molar-refractivity contribution in [2.75, 3.05) is 11.9 Å². The van der Waals surface area contributed by atoms with Crippen molar-refractivity contribution in [3.8, 4) is 0 Å². The molecule has 0 radical (unpaired) electrons. The Labute approximate surface area is 141 Å². The molecule has 4 heteroatoms. The van der Waals surface area contributed by atoms with E-state index in [9.17, 15) is 4.79 Å².